The van der Waals surface area contributed by atoms with Crippen molar-refractivity contribution in [3.8, 4) is 0 Å². The van der Waals surface area contributed by atoms with Crippen molar-refractivity contribution in [2.24, 2.45) is 5.92 Å². The summed E-state index contributed by atoms with van der Waals surface area (Å²) in [6.45, 7) is 11.3. The van der Waals surface area contributed by atoms with Crippen LogP contribution in [0.5, 0.6) is 0 Å². The predicted octanol–water partition coefficient (Wildman–Crippen LogP) is 2.26. The second-order valence-electron chi connectivity index (χ2n) is 8.01. The smallest absolute Gasteiger partial charge is 0.263 e. The summed E-state index contributed by atoms with van der Waals surface area (Å²) in [4.78, 5) is 21.9. The highest BCUT2D eigenvalue weighted by atomic mass is 16.1. The minimum atomic E-state index is -0.233. The molecule has 0 aliphatic heterocycles. The van der Waals surface area contributed by atoms with Gasteiger partial charge in [0.2, 0.25) is 5.95 Å². The molecule has 0 amide bonds. The van der Waals surface area contributed by atoms with Crippen molar-refractivity contribution in [3.63, 3.8) is 0 Å². The lowest BCUT2D eigenvalue weighted by Gasteiger charge is -2.26. The van der Waals surface area contributed by atoms with Crippen LogP contribution in [0.25, 0.3) is 11.0 Å². The summed E-state index contributed by atoms with van der Waals surface area (Å²) in [6, 6.07) is 0.374. The molecule has 0 fully saturated rings. The zero-order chi connectivity index (χ0) is 18.1. The van der Waals surface area contributed by atoms with Gasteiger partial charge in [-0.3, -0.25) is 9.78 Å². The number of likely N-dealkylation sites (N-methyl/N-ethyl adjacent to an activating group) is 1. The lowest BCUT2D eigenvalue weighted by molar-refractivity contribution is 0.265. The van der Waals surface area contributed by atoms with E-state index < -0.39 is 0 Å². The normalized spacial score (nSPS) is 13.9. The quantitative estimate of drug-likeness (QED) is 0.847. The van der Waals surface area contributed by atoms with Crippen LogP contribution in [0.3, 0.4) is 0 Å². The molecule has 0 saturated carbocycles. The molecule has 0 saturated heterocycles. The van der Waals surface area contributed by atoms with Crippen molar-refractivity contribution in [3.05, 3.63) is 16.6 Å². The van der Waals surface area contributed by atoms with Crippen molar-refractivity contribution in [1.82, 2.24) is 24.6 Å². The first-order chi connectivity index (χ1) is 11.1. The number of H-pyrrole nitrogens is 1. The van der Waals surface area contributed by atoms with Crippen molar-refractivity contribution >= 4 is 17.0 Å². The maximum absolute atomic E-state index is 12.3. The molecule has 2 aromatic rings. The number of anilines is 1. The van der Waals surface area contributed by atoms with Crippen LogP contribution in [0.15, 0.2) is 11.0 Å². The molecule has 2 N–H and O–H groups in total. The Morgan fingerprint density at radius 3 is 2.54 bits per heavy atom. The van der Waals surface area contributed by atoms with Gasteiger partial charge in [-0.2, -0.15) is 10.1 Å². The van der Waals surface area contributed by atoms with Gasteiger partial charge in [-0.25, -0.2) is 4.68 Å². The van der Waals surface area contributed by atoms with Crippen LogP contribution < -0.4 is 10.9 Å². The fourth-order valence-corrected chi connectivity index (χ4v) is 2.73. The Kier molecular flexibility index (Phi) is 5.32. The molecule has 7 heteroatoms. The van der Waals surface area contributed by atoms with E-state index in [0.29, 0.717) is 28.9 Å². The highest BCUT2D eigenvalue weighted by Gasteiger charge is 2.20. The van der Waals surface area contributed by atoms with E-state index >= 15 is 0 Å². The molecule has 0 aliphatic carbocycles. The van der Waals surface area contributed by atoms with Crippen LogP contribution in [0.1, 0.15) is 41.0 Å². The van der Waals surface area contributed by atoms with Gasteiger partial charge < -0.3 is 10.2 Å². The van der Waals surface area contributed by atoms with Gasteiger partial charge in [-0.1, -0.05) is 13.8 Å². The fraction of sp³-hybridized carbons (Fsp3) is 0.706. The number of rotatable bonds is 6. The SMILES string of the molecule is CC(C)CC(CNc1nc2c(cnn2C(C)(C)C)c(=O)[nH]1)N(C)C. The van der Waals surface area contributed by atoms with Crippen LogP contribution >= 0.6 is 0 Å². The molecule has 0 radical (unpaired) electrons. The lowest BCUT2D eigenvalue weighted by atomic mass is 10.0. The molecule has 0 aliphatic rings. The summed E-state index contributed by atoms with van der Waals surface area (Å²) in [5, 5.41) is 8.13. The van der Waals surface area contributed by atoms with E-state index in [-0.39, 0.29) is 11.1 Å². The zero-order valence-electron chi connectivity index (χ0n) is 15.8. The first kappa shape index (κ1) is 18.4. The van der Waals surface area contributed by atoms with Gasteiger partial charge in [-0.05, 0) is 47.2 Å². The molecule has 24 heavy (non-hydrogen) atoms. The van der Waals surface area contributed by atoms with E-state index in [0.717, 1.165) is 13.0 Å². The maximum Gasteiger partial charge on any atom is 0.263 e. The van der Waals surface area contributed by atoms with Gasteiger partial charge >= 0.3 is 0 Å². The number of nitrogens with zero attached hydrogens (tertiary/aromatic N) is 4. The number of fused-ring (bicyclic) bond motifs is 1. The summed E-state index contributed by atoms with van der Waals surface area (Å²) >= 11 is 0. The molecule has 1 atom stereocenters. The Labute approximate surface area is 143 Å². The van der Waals surface area contributed by atoms with Gasteiger partial charge in [0.15, 0.2) is 5.65 Å². The number of hydrogen-bond acceptors (Lipinski definition) is 5. The Morgan fingerprint density at radius 1 is 1.33 bits per heavy atom. The van der Waals surface area contributed by atoms with Crippen LogP contribution in [-0.4, -0.2) is 51.3 Å². The summed E-state index contributed by atoms with van der Waals surface area (Å²) < 4.78 is 1.79. The average Bonchev–Trinajstić information content (AvgIpc) is 2.87. The van der Waals surface area contributed by atoms with E-state index in [9.17, 15) is 4.79 Å². The van der Waals surface area contributed by atoms with E-state index in [1.54, 1.807) is 10.9 Å². The van der Waals surface area contributed by atoms with Gasteiger partial charge in [0.25, 0.3) is 5.56 Å². The molecule has 2 heterocycles. The number of hydrogen-bond donors (Lipinski definition) is 2. The predicted molar refractivity (Wildman–Crippen MR) is 98.6 cm³/mol. The van der Waals surface area contributed by atoms with E-state index in [1.807, 2.05) is 20.8 Å². The summed E-state index contributed by atoms with van der Waals surface area (Å²) in [5.74, 6) is 1.10. The van der Waals surface area contributed by atoms with E-state index in [4.69, 9.17) is 0 Å². The van der Waals surface area contributed by atoms with Crippen LogP contribution in [-0.2, 0) is 5.54 Å². The Bertz CT molecular complexity index is 738. The third kappa shape index (κ3) is 4.14. The Morgan fingerprint density at radius 2 is 2.00 bits per heavy atom. The topological polar surface area (TPSA) is 78.8 Å². The molecule has 2 rings (SSSR count). The van der Waals surface area contributed by atoms with Gasteiger partial charge in [-0.15, -0.1) is 0 Å². The van der Waals surface area contributed by atoms with Gasteiger partial charge in [0.1, 0.15) is 5.39 Å². The fourth-order valence-electron chi connectivity index (χ4n) is 2.73. The van der Waals surface area contributed by atoms with Crippen LogP contribution in [0.2, 0.25) is 0 Å². The van der Waals surface area contributed by atoms with Crippen LogP contribution in [0, 0.1) is 5.92 Å². The molecule has 2 aromatic heterocycles. The molecule has 0 spiro atoms. The molecule has 134 valence electrons. The Balaban J connectivity index is 2.28. The lowest BCUT2D eigenvalue weighted by Crippen LogP contribution is -2.36. The second kappa shape index (κ2) is 6.93. The molecular weight excluding hydrogens is 304 g/mol. The first-order valence-corrected chi connectivity index (χ1v) is 8.48. The van der Waals surface area contributed by atoms with Gasteiger partial charge in [0, 0.05) is 12.6 Å². The molecular formula is C17H30N6O. The first-order valence-electron chi connectivity index (χ1n) is 8.48. The number of aromatic nitrogens is 4. The highest BCUT2D eigenvalue weighted by Crippen LogP contribution is 2.19. The zero-order valence-corrected chi connectivity index (χ0v) is 15.8. The van der Waals surface area contributed by atoms with E-state index in [2.05, 4.69) is 53.2 Å². The summed E-state index contributed by atoms with van der Waals surface area (Å²) in [6.07, 6.45) is 2.66. The standard InChI is InChI=1S/C17H30N6O/c1-11(2)8-12(22(6)7)9-18-16-20-14-13(15(24)21-16)10-19-23(14)17(3,4)5/h10-12H,8-9H2,1-7H3,(H2,18,20,21,24). The minimum Gasteiger partial charge on any atom is -0.354 e. The highest BCUT2D eigenvalue weighted by molar-refractivity contribution is 5.74. The third-order valence-electron chi connectivity index (χ3n) is 4.05. The van der Waals surface area contributed by atoms with Gasteiger partial charge in [0.05, 0.1) is 11.7 Å². The van der Waals surface area contributed by atoms with Crippen molar-refractivity contribution in [1.29, 1.82) is 0 Å². The van der Waals surface area contributed by atoms with Crippen molar-refractivity contribution < 1.29 is 0 Å². The summed E-state index contributed by atoms with van der Waals surface area (Å²) in [7, 11) is 4.14. The maximum atomic E-state index is 12.3. The minimum absolute atomic E-state index is 0.164. The average molecular weight is 334 g/mol. The second-order valence-corrected chi connectivity index (χ2v) is 8.01. The molecule has 1 unspecified atom stereocenters. The van der Waals surface area contributed by atoms with Crippen molar-refractivity contribution in [2.45, 2.75) is 52.6 Å². The number of nitrogens with one attached hydrogen (secondary N) is 2. The van der Waals surface area contributed by atoms with E-state index in [1.165, 1.54) is 0 Å². The van der Waals surface area contributed by atoms with Crippen molar-refractivity contribution in [2.75, 3.05) is 26.0 Å². The summed E-state index contributed by atoms with van der Waals surface area (Å²) in [5.41, 5.74) is 0.214. The molecule has 0 bridgehead atoms. The largest absolute Gasteiger partial charge is 0.354 e. The third-order valence-corrected chi connectivity index (χ3v) is 4.05. The molecule has 7 nitrogen and oxygen atoms in total. The Hall–Kier alpha value is -1.89. The van der Waals surface area contributed by atoms with Crippen LogP contribution in [0.4, 0.5) is 5.95 Å². The monoisotopic (exact) mass is 334 g/mol. The molecule has 0 aromatic carbocycles. The number of aromatic amines is 1.